The second-order valence-electron chi connectivity index (χ2n) is 4.49. The third-order valence-electron chi connectivity index (χ3n) is 2.63. The summed E-state index contributed by atoms with van der Waals surface area (Å²) in [5.74, 6) is 0. The van der Waals surface area contributed by atoms with E-state index in [0.29, 0.717) is 5.17 Å². The Morgan fingerprint density at radius 1 is 0.897 bits per heavy atom. The van der Waals surface area contributed by atoms with E-state index in [4.69, 9.17) is 16.3 Å². The molecule has 0 heterocycles. The molecule has 29 heavy (non-hydrogen) atoms. The van der Waals surface area contributed by atoms with Crippen LogP contribution in [0.5, 0.6) is 0 Å². The first-order chi connectivity index (χ1) is 13.6. The number of aliphatic imine (C=N–C) groups is 2. The van der Waals surface area contributed by atoms with E-state index >= 15 is 0 Å². The van der Waals surface area contributed by atoms with Gasteiger partial charge in [0.25, 0.3) is 0 Å². The highest BCUT2D eigenvalue weighted by atomic mass is 32.2. The highest BCUT2D eigenvalue weighted by Gasteiger charge is 1.94. The van der Waals surface area contributed by atoms with Gasteiger partial charge in [-0.3, -0.25) is 5.32 Å². The van der Waals surface area contributed by atoms with Crippen molar-refractivity contribution in [3.63, 3.8) is 0 Å². The molecule has 6 nitrogen and oxygen atoms in total. The highest BCUT2D eigenvalue weighted by Crippen LogP contribution is 2.12. The van der Waals surface area contributed by atoms with Crippen molar-refractivity contribution in [2.24, 2.45) is 9.98 Å². The monoisotopic (exact) mass is 446 g/mol. The molecule has 2 rings (SSSR count). The van der Waals surface area contributed by atoms with Crippen LogP contribution >= 0.6 is 35.3 Å². The maximum Gasteiger partial charge on any atom is 0.207 e. The molecule has 0 saturated heterocycles. The van der Waals surface area contributed by atoms with Crippen LogP contribution in [0.1, 0.15) is 7.43 Å². The predicted molar refractivity (Wildman–Crippen MR) is 133 cm³/mol. The van der Waals surface area contributed by atoms with E-state index in [9.17, 15) is 0 Å². The van der Waals surface area contributed by atoms with Crippen LogP contribution in [0.25, 0.3) is 0 Å². The Morgan fingerprint density at radius 3 is 1.72 bits per heavy atom. The Bertz CT molecular complexity index is 790. The van der Waals surface area contributed by atoms with E-state index in [2.05, 4.69) is 15.3 Å². The van der Waals surface area contributed by atoms with Crippen LogP contribution in [-0.4, -0.2) is 28.3 Å². The average molecular weight is 447 g/mol. The second-order valence-corrected chi connectivity index (χ2v) is 7.13. The van der Waals surface area contributed by atoms with Crippen molar-refractivity contribution < 1.29 is 0 Å². The minimum Gasteiger partial charge on any atom is -0.399 e. The topological polar surface area (TPSA) is 110 Å². The molecule has 9 heteroatoms. The molecule has 3 N–H and O–H groups in total. The molecule has 0 radical (unpaired) electrons. The number of nitrogen functional groups attached to an aromatic ring is 1. The minimum absolute atomic E-state index is 0. The number of nitriles is 2. The third-order valence-corrected chi connectivity index (χ3v) is 5.09. The molecule has 0 atom stereocenters. The van der Waals surface area contributed by atoms with Crippen molar-refractivity contribution in [2.45, 2.75) is 7.43 Å². The van der Waals surface area contributed by atoms with Gasteiger partial charge in [-0.1, -0.05) is 55.6 Å². The third kappa shape index (κ3) is 16.1. The fourth-order valence-electron chi connectivity index (χ4n) is 1.46. The van der Waals surface area contributed by atoms with E-state index < -0.39 is 0 Å². The Kier molecular flexibility index (Phi) is 19.9. The summed E-state index contributed by atoms with van der Waals surface area (Å²) in [5, 5.41) is 19.5. The standard InChI is InChI=1S/C9H9N3S.C6H7N.C4H6N2S2.CH4/c1-13-9(11-7-10)12-8-5-3-2-4-6-8;7-6-4-2-1-3-5-6;1-7-4(8-2)6-3-5;/h2-6H,1H3,(H,11,12);1-5H,7H2;1-2H3;1H4. The predicted octanol–water partition coefficient (Wildman–Crippen LogP) is 5.56. The van der Waals surface area contributed by atoms with Gasteiger partial charge in [0.05, 0.1) is 5.69 Å². The first-order valence-electron chi connectivity index (χ1n) is 7.79. The van der Waals surface area contributed by atoms with Crippen molar-refractivity contribution >= 4 is 56.2 Å². The molecule has 0 aliphatic rings. The molecule has 0 spiro atoms. The number of hydrogen-bond acceptors (Lipinski definition) is 8. The van der Waals surface area contributed by atoms with E-state index in [1.165, 1.54) is 35.3 Å². The lowest BCUT2D eigenvalue weighted by atomic mass is 10.3. The maximum atomic E-state index is 8.39. The van der Waals surface area contributed by atoms with Crippen molar-refractivity contribution in [3.05, 3.63) is 60.7 Å². The SMILES string of the molecule is C.CSC(=NC#N)SC.CSC(=Nc1ccccc1)NC#N.Nc1ccccc1. The Hall–Kier alpha value is -2.59. The summed E-state index contributed by atoms with van der Waals surface area (Å²) in [5.41, 5.74) is 7.02. The lowest BCUT2D eigenvalue weighted by Gasteiger charge is -1.98. The summed E-state index contributed by atoms with van der Waals surface area (Å²) in [4.78, 5) is 7.72. The molecular weight excluding hydrogens is 420 g/mol. The number of rotatable bonds is 1. The molecule has 0 aliphatic carbocycles. The molecule has 154 valence electrons. The lowest BCUT2D eigenvalue weighted by Crippen LogP contribution is -2.12. The lowest BCUT2D eigenvalue weighted by molar-refractivity contribution is 1.28. The number of thioether (sulfide) groups is 3. The maximum absolute atomic E-state index is 8.39. The number of hydrogen-bond donors (Lipinski definition) is 2. The van der Waals surface area contributed by atoms with Crippen molar-refractivity contribution in [2.75, 3.05) is 24.5 Å². The fraction of sp³-hybridized carbons (Fsp3) is 0.200. The molecule has 0 aliphatic heterocycles. The van der Waals surface area contributed by atoms with Crippen LogP contribution < -0.4 is 11.1 Å². The Morgan fingerprint density at radius 2 is 1.41 bits per heavy atom. The van der Waals surface area contributed by atoms with Gasteiger partial charge in [0, 0.05) is 5.69 Å². The van der Waals surface area contributed by atoms with Gasteiger partial charge in [-0.05, 0) is 43.0 Å². The quantitative estimate of drug-likeness (QED) is 0.194. The number of benzene rings is 2. The number of nitrogens with zero attached hydrogens (tertiary/aromatic N) is 4. The zero-order chi connectivity index (χ0) is 21.0. The largest absolute Gasteiger partial charge is 0.399 e. The van der Waals surface area contributed by atoms with E-state index in [0.717, 1.165) is 15.8 Å². The van der Waals surface area contributed by atoms with Gasteiger partial charge < -0.3 is 5.73 Å². The van der Waals surface area contributed by atoms with Crippen molar-refractivity contribution in [1.82, 2.24) is 5.32 Å². The molecule has 0 fully saturated rings. The number of anilines is 1. The average Bonchev–Trinajstić information content (AvgIpc) is 2.74. The van der Waals surface area contributed by atoms with Gasteiger partial charge >= 0.3 is 0 Å². The summed E-state index contributed by atoms with van der Waals surface area (Å²) >= 11 is 4.38. The van der Waals surface area contributed by atoms with Gasteiger partial charge in [0.15, 0.2) is 11.4 Å². The fourth-order valence-corrected chi connectivity index (χ4v) is 2.74. The van der Waals surface area contributed by atoms with Crippen LogP contribution in [-0.2, 0) is 0 Å². The number of amidine groups is 1. The normalized spacial score (nSPS) is 8.93. The first kappa shape index (κ1) is 28.6. The molecule has 0 amide bonds. The summed E-state index contributed by atoms with van der Waals surface area (Å²) in [6.07, 6.45) is 9.21. The van der Waals surface area contributed by atoms with E-state index in [1.807, 2.05) is 85.6 Å². The second kappa shape index (κ2) is 20.2. The first-order valence-corrected chi connectivity index (χ1v) is 11.5. The molecule has 0 aromatic heterocycles. The highest BCUT2D eigenvalue weighted by molar-refractivity contribution is 8.38. The van der Waals surface area contributed by atoms with Crippen LogP contribution in [0.4, 0.5) is 11.4 Å². The van der Waals surface area contributed by atoms with Gasteiger partial charge in [-0.25, -0.2) is 4.99 Å². The molecule has 0 saturated carbocycles. The summed E-state index contributed by atoms with van der Waals surface area (Å²) < 4.78 is 0.813. The minimum atomic E-state index is 0. The van der Waals surface area contributed by atoms with E-state index in [-0.39, 0.29) is 7.43 Å². The zero-order valence-corrected chi connectivity index (χ0v) is 18.3. The van der Waals surface area contributed by atoms with Gasteiger partial charge in [-0.15, -0.1) is 23.5 Å². The van der Waals surface area contributed by atoms with Crippen LogP contribution in [0.3, 0.4) is 0 Å². The molecular formula is C20H26N6S3. The number of nitrogens with one attached hydrogen (secondary N) is 1. The number of nitrogens with two attached hydrogens (primary N) is 1. The molecule has 0 bridgehead atoms. The van der Waals surface area contributed by atoms with Gasteiger partial charge in [-0.2, -0.15) is 15.5 Å². The Balaban J connectivity index is 0. The van der Waals surface area contributed by atoms with Gasteiger partial charge in [0.1, 0.15) is 4.38 Å². The van der Waals surface area contributed by atoms with E-state index in [1.54, 1.807) is 6.19 Å². The van der Waals surface area contributed by atoms with Crippen LogP contribution in [0.2, 0.25) is 0 Å². The van der Waals surface area contributed by atoms with Crippen LogP contribution in [0, 0.1) is 22.9 Å². The smallest absolute Gasteiger partial charge is 0.207 e. The zero-order valence-electron chi connectivity index (χ0n) is 15.9. The van der Waals surface area contributed by atoms with Gasteiger partial charge in [0.2, 0.25) is 6.19 Å². The molecule has 2 aromatic rings. The van der Waals surface area contributed by atoms with Crippen molar-refractivity contribution in [3.8, 4) is 12.4 Å². The summed E-state index contributed by atoms with van der Waals surface area (Å²) in [6.45, 7) is 0. The van der Waals surface area contributed by atoms with Crippen molar-refractivity contribution in [1.29, 1.82) is 10.5 Å². The molecule has 2 aromatic carbocycles. The van der Waals surface area contributed by atoms with Crippen LogP contribution in [0.15, 0.2) is 70.6 Å². The summed E-state index contributed by atoms with van der Waals surface area (Å²) in [6, 6.07) is 19.0. The number of para-hydroxylation sites is 2. The Labute approximate surface area is 186 Å². The summed E-state index contributed by atoms with van der Waals surface area (Å²) in [7, 11) is 0. The molecule has 0 unspecified atom stereocenters.